The molecular formula is C26H19NO4. The topological polar surface area (TPSA) is 77.3 Å². The lowest BCUT2D eigenvalue weighted by Gasteiger charge is -2.01. The van der Waals surface area contributed by atoms with E-state index in [9.17, 15) is 19.7 Å². The average molecular weight is 409 g/mol. The molecule has 0 aliphatic rings. The summed E-state index contributed by atoms with van der Waals surface area (Å²) >= 11 is 0. The van der Waals surface area contributed by atoms with Gasteiger partial charge in [0.05, 0.1) is 4.92 Å². The van der Waals surface area contributed by atoms with Crippen LogP contribution in [0.15, 0.2) is 115 Å². The molecule has 0 saturated carbocycles. The summed E-state index contributed by atoms with van der Waals surface area (Å²) in [6.45, 7) is 0. The van der Waals surface area contributed by atoms with E-state index in [4.69, 9.17) is 0 Å². The molecule has 5 nitrogen and oxygen atoms in total. The van der Waals surface area contributed by atoms with Crippen molar-refractivity contribution < 1.29 is 14.5 Å². The Balaban J connectivity index is 0.000000179. The van der Waals surface area contributed by atoms with Crippen molar-refractivity contribution in [2.24, 2.45) is 0 Å². The van der Waals surface area contributed by atoms with Crippen LogP contribution in [0.4, 0.5) is 5.69 Å². The standard InChI is InChI=1S/C13H9NO3.C13H10O/c15-13(10-6-2-1-3-7-10)11-8-4-5-9-12(11)14(16)17;14-13(11-7-3-1-4-8-11)12-9-5-2-6-10-12/h1-9H;1-10H. The molecular weight excluding hydrogens is 390 g/mol. The number of benzene rings is 4. The van der Waals surface area contributed by atoms with Crippen molar-refractivity contribution in [3.05, 3.63) is 148 Å². The number of rotatable bonds is 5. The molecule has 0 saturated heterocycles. The first-order chi connectivity index (χ1) is 15.1. The number of nitro benzene ring substituents is 1. The van der Waals surface area contributed by atoms with Gasteiger partial charge in [-0.05, 0) is 6.07 Å². The second-order valence-electron chi connectivity index (χ2n) is 6.53. The van der Waals surface area contributed by atoms with Gasteiger partial charge in [0.1, 0.15) is 5.56 Å². The third-order valence-electron chi connectivity index (χ3n) is 4.45. The van der Waals surface area contributed by atoms with Crippen LogP contribution in [0.3, 0.4) is 0 Å². The van der Waals surface area contributed by atoms with E-state index in [1.165, 1.54) is 12.1 Å². The number of para-hydroxylation sites is 1. The molecule has 0 heterocycles. The van der Waals surface area contributed by atoms with E-state index in [-0.39, 0.29) is 22.8 Å². The van der Waals surface area contributed by atoms with E-state index >= 15 is 0 Å². The van der Waals surface area contributed by atoms with E-state index in [0.29, 0.717) is 5.56 Å². The maximum Gasteiger partial charge on any atom is 0.280 e. The van der Waals surface area contributed by atoms with Crippen molar-refractivity contribution in [2.75, 3.05) is 0 Å². The van der Waals surface area contributed by atoms with Crippen molar-refractivity contribution in [1.29, 1.82) is 0 Å². The maximum absolute atomic E-state index is 12.1. The molecule has 4 rings (SSSR count). The number of carbonyl (C=O) groups is 2. The number of ketones is 2. The maximum atomic E-state index is 12.1. The van der Waals surface area contributed by atoms with Gasteiger partial charge >= 0.3 is 0 Å². The minimum Gasteiger partial charge on any atom is -0.289 e. The average Bonchev–Trinajstić information content (AvgIpc) is 2.85. The summed E-state index contributed by atoms with van der Waals surface area (Å²) in [5, 5.41) is 10.8. The van der Waals surface area contributed by atoms with Gasteiger partial charge in [-0.1, -0.05) is 103 Å². The Labute approximate surface area is 179 Å². The first-order valence-corrected chi connectivity index (χ1v) is 9.56. The van der Waals surface area contributed by atoms with Crippen LogP contribution in [0, 0.1) is 10.1 Å². The summed E-state index contributed by atoms with van der Waals surface area (Å²) in [6, 6.07) is 33.1. The molecule has 0 fully saturated rings. The lowest BCUT2D eigenvalue weighted by Crippen LogP contribution is -2.04. The van der Waals surface area contributed by atoms with Crippen LogP contribution in [0.1, 0.15) is 31.8 Å². The Bertz CT molecular complexity index is 1130. The summed E-state index contributed by atoms with van der Waals surface area (Å²) in [6.07, 6.45) is 0. The molecule has 0 atom stereocenters. The van der Waals surface area contributed by atoms with Crippen LogP contribution in [-0.4, -0.2) is 16.5 Å². The van der Waals surface area contributed by atoms with Crippen LogP contribution in [0.5, 0.6) is 0 Å². The lowest BCUT2D eigenvalue weighted by atomic mass is 10.0. The molecule has 4 aromatic carbocycles. The molecule has 0 amide bonds. The van der Waals surface area contributed by atoms with Crippen molar-refractivity contribution in [2.45, 2.75) is 0 Å². The van der Waals surface area contributed by atoms with Crippen molar-refractivity contribution >= 4 is 17.3 Å². The fraction of sp³-hybridized carbons (Fsp3) is 0. The first-order valence-electron chi connectivity index (χ1n) is 9.56. The molecule has 31 heavy (non-hydrogen) atoms. The Hall–Kier alpha value is -4.38. The second kappa shape index (κ2) is 10.4. The fourth-order valence-electron chi connectivity index (χ4n) is 2.92. The third-order valence-corrected chi connectivity index (χ3v) is 4.45. The Kier molecular flexibility index (Phi) is 7.16. The monoisotopic (exact) mass is 409 g/mol. The molecule has 0 unspecified atom stereocenters. The summed E-state index contributed by atoms with van der Waals surface area (Å²) < 4.78 is 0. The van der Waals surface area contributed by atoms with E-state index in [0.717, 1.165) is 11.1 Å². The molecule has 0 aliphatic carbocycles. The number of hydrogen-bond donors (Lipinski definition) is 0. The van der Waals surface area contributed by atoms with Gasteiger partial charge in [0.25, 0.3) is 5.69 Å². The van der Waals surface area contributed by atoms with Crippen LogP contribution in [0.2, 0.25) is 0 Å². The van der Waals surface area contributed by atoms with Gasteiger partial charge in [0, 0.05) is 22.8 Å². The smallest absolute Gasteiger partial charge is 0.280 e. The van der Waals surface area contributed by atoms with Crippen LogP contribution >= 0.6 is 0 Å². The SMILES string of the molecule is O=C(c1ccccc1)c1ccccc1.O=C(c1ccccc1)c1ccccc1[N+](=O)[O-]. The highest BCUT2D eigenvalue weighted by atomic mass is 16.6. The number of nitro groups is 1. The van der Waals surface area contributed by atoms with Gasteiger partial charge < -0.3 is 0 Å². The highest BCUT2D eigenvalue weighted by Crippen LogP contribution is 2.21. The largest absolute Gasteiger partial charge is 0.289 e. The van der Waals surface area contributed by atoms with E-state index in [1.54, 1.807) is 42.5 Å². The minimum absolute atomic E-state index is 0.0752. The molecule has 0 aliphatic heterocycles. The zero-order chi connectivity index (χ0) is 22.1. The molecule has 0 spiro atoms. The van der Waals surface area contributed by atoms with Gasteiger partial charge in [-0.25, -0.2) is 0 Å². The first kappa shape index (κ1) is 21.3. The van der Waals surface area contributed by atoms with Gasteiger partial charge in [0.2, 0.25) is 0 Å². The van der Waals surface area contributed by atoms with E-state index < -0.39 is 4.92 Å². The number of carbonyl (C=O) groups excluding carboxylic acids is 2. The predicted molar refractivity (Wildman–Crippen MR) is 119 cm³/mol. The molecule has 0 radical (unpaired) electrons. The Morgan fingerprint density at radius 1 is 0.516 bits per heavy atom. The normalized spacial score (nSPS) is 9.81. The fourth-order valence-corrected chi connectivity index (χ4v) is 2.92. The van der Waals surface area contributed by atoms with Gasteiger partial charge in [-0.15, -0.1) is 0 Å². The second-order valence-corrected chi connectivity index (χ2v) is 6.53. The summed E-state index contributed by atoms with van der Waals surface area (Å²) in [5.41, 5.74) is 1.87. The minimum atomic E-state index is -0.545. The van der Waals surface area contributed by atoms with Gasteiger partial charge in [-0.2, -0.15) is 0 Å². The summed E-state index contributed by atoms with van der Waals surface area (Å²) in [4.78, 5) is 34.2. The molecule has 0 N–H and O–H groups in total. The van der Waals surface area contributed by atoms with Gasteiger partial charge in [-0.3, -0.25) is 19.7 Å². The van der Waals surface area contributed by atoms with Crippen LogP contribution in [-0.2, 0) is 0 Å². The zero-order valence-electron chi connectivity index (χ0n) is 16.5. The molecule has 5 heteroatoms. The zero-order valence-corrected chi connectivity index (χ0v) is 16.5. The van der Waals surface area contributed by atoms with E-state index in [2.05, 4.69) is 0 Å². The third kappa shape index (κ3) is 5.58. The lowest BCUT2D eigenvalue weighted by molar-refractivity contribution is -0.385. The quantitative estimate of drug-likeness (QED) is 0.239. The molecule has 0 aromatic heterocycles. The highest BCUT2D eigenvalue weighted by Gasteiger charge is 2.19. The molecule has 0 bridgehead atoms. The highest BCUT2D eigenvalue weighted by molar-refractivity contribution is 6.11. The van der Waals surface area contributed by atoms with Crippen molar-refractivity contribution in [3.8, 4) is 0 Å². The number of nitrogens with zero attached hydrogens (tertiary/aromatic N) is 1. The molecule has 4 aromatic rings. The number of hydrogen-bond acceptors (Lipinski definition) is 4. The van der Waals surface area contributed by atoms with Crippen molar-refractivity contribution in [3.63, 3.8) is 0 Å². The van der Waals surface area contributed by atoms with Crippen molar-refractivity contribution in [1.82, 2.24) is 0 Å². The Morgan fingerprint density at radius 3 is 1.29 bits per heavy atom. The van der Waals surface area contributed by atoms with E-state index in [1.807, 2.05) is 60.7 Å². The van der Waals surface area contributed by atoms with Crippen LogP contribution < -0.4 is 0 Å². The molecule has 152 valence electrons. The summed E-state index contributed by atoms with van der Waals surface area (Å²) in [5.74, 6) is -0.260. The van der Waals surface area contributed by atoms with Gasteiger partial charge in [0.15, 0.2) is 11.6 Å². The predicted octanol–water partition coefficient (Wildman–Crippen LogP) is 5.74. The van der Waals surface area contributed by atoms with Crippen LogP contribution in [0.25, 0.3) is 0 Å². The summed E-state index contributed by atoms with van der Waals surface area (Å²) in [7, 11) is 0. The Morgan fingerprint density at radius 2 is 0.871 bits per heavy atom.